The second-order valence-corrected chi connectivity index (χ2v) is 5.36. The number of hydrogen-bond acceptors (Lipinski definition) is 2. The minimum atomic E-state index is -0.163. The van der Waals surface area contributed by atoms with E-state index < -0.39 is 0 Å². The maximum atomic E-state index is 12.9. The Morgan fingerprint density at radius 3 is 2.53 bits per heavy atom. The first kappa shape index (κ1) is 12.2. The number of rotatable bonds is 3. The molecule has 1 aliphatic carbocycles. The van der Waals surface area contributed by atoms with Crippen LogP contribution in [0.25, 0.3) is 0 Å². The number of hydrogen-bond donors (Lipinski definition) is 1. The Kier molecular flexibility index (Phi) is 3.01. The van der Waals surface area contributed by atoms with Crippen molar-refractivity contribution >= 4 is 5.69 Å². The second-order valence-electron chi connectivity index (χ2n) is 5.36. The molecule has 1 heterocycles. The smallest absolute Gasteiger partial charge is 0.123 e. The van der Waals surface area contributed by atoms with Gasteiger partial charge in [-0.25, -0.2) is 4.39 Å². The SMILES string of the molecule is Cc1nn(C)cc1NC1CC(c2ccc(F)cc2)C1. The predicted octanol–water partition coefficient (Wildman–Crippen LogP) is 3.23. The standard InChI is InChI=1S/C15H18FN3/c1-10-15(9-19(2)18-10)17-14-7-12(8-14)11-3-5-13(16)6-4-11/h3-6,9,12,14,17H,7-8H2,1-2H3. The van der Waals surface area contributed by atoms with Gasteiger partial charge in [0.1, 0.15) is 5.82 Å². The minimum absolute atomic E-state index is 0.163. The predicted molar refractivity (Wildman–Crippen MR) is 73.7 cm³/mol. The molecule has 1 aromatic carbocycles. The van der Waals surface area contributed by atoms with Crippen molar-refractivity contribution in [3.8, 4) is 0 Å². The molecule has 4 heteroatoms. The lowest BCUT2D eigenvalue weighted by atomic mass is 9.76. The third-order valence-corrected chi connectivity index (χ3v) is 3.85. The van der Waals surface area contributed by atoms with Crippen molar-refractivity contribution in [1.29, 1.82) is 0 Å². The zero-order valence-corrected chi connectivity index (χ0v) is 11.2. The molecule has 0 unspecified atom stereocenters. The number of aryl methyl sites for hydroxylation is 2. The van der Waals surface area contributed by atoms with E-state index in [0.717, 1.165) is 24.2 Å². The van der Waals surface area contributed by atoms with Crippen LogP contribution in [0.4, 0.5) is 10.1 Å². The first-order valence-electron chi connectivity index (χ1n) is 6.64. The van der Waals surface area contributed by atoms with Crippen molar-refractivity contribution in [2.24, 2.45) is 7.05 Å². The number of aromatic nitrogens is 2. The lowest BCUT2D eigenvalue weighted by molar-refractivity contribution is 0.373. The maximum Gasteiger partial charge on any atom is 0.123 e. The van der Waals surface area contributed by atoms with Crippen molar-refractivity contribution in [3.05, 3.63) is 47.5 Å². The van der Waals surface area contributed by atoms with E-state index in [4.69, 9.17) is 0 Å². The summed E-state index contributed by atoms with van der Waals surface area (Å²) < 4.78 is 14.7. The number of nitrogens with one attached hydrogen (secondary N) is 1. The highest BCUT2D eigenvalue weighted by Crippen LogP contribution is 2.38. The number of anilines is 1. The molecule has 0 atom stereocenters. The summed E-state index contributed by atoms with van der Waals surface area (Å²) in [6, 6.07) is 7.37. The fraction of sp³-hybridized carbons (Fsp3) is 0.400. The fourth-order valence-electron chi connectivity index (χ4n) is 2.70. The molecule has 1 fully saturated rings. The van der Waals surface area contributed by atoms with Crippen molar-refractivity contribution in [1.82, 2.24) is 9.78 Å². The lowest BCUT2D eigenvalue weighted by Crippen LogP contribution is -2.34. The second kappa shape index (κ2) is 4.68. The van der Waals surface area contributed by atoms with E-state index in [-0.39, 0.29) is 5.82 Å². The summed E-state index contributed by atoms with van der Waals surface area (Å²) in [5.41, 5.74) is 3.39. The van der Waals surface area contributed by atoms with Crippen molar-refractivity contribution in [2.75, 3.05) is 5.32 Å². The summed E-state index contributed by atoms with van der Waals surface area (Å²) in [4.78, 5) is 0. The zero-order chi connectivity index (χ0) is 13.4. The van der Waals surface area contributed by atoms with Crippen LogP contribution < -0.4 is 5.32 Å². The third kappa shape index (κ3) is 2.48. The van der Waals surface area contributed by atoms with Crippen LogP contribution in [0.5, 0.6) is 0 Å². The zero-order valence-electron chi connectivity index (χ0n) is 11.2. The summed E-state index contributed by atoms with van der Waals surface area (Å²) in [6.07, 6.45) is 4.21. The van der Waals surface area contributed by atoms with E-state index in [1.54, 1.807) is 12.1 Å². The first-order valence-corrected chi connectivity index (χ1v) is 6.64. The van der Waals surface area contributed by atoms with Gasteiger partial charge in [-0.15, -0.1) is 0 Å². The third-order valence-electron chi connectivity index (χ3n) is 3.85. The van der Waals surface area contributed by atoms with Crippen LogP contribution in [-0.4, -0.2) is 15.8 Å². The van der Waals surface area contributed by atoms with Gasteiger partial charge < -0.3 is 5.32 Å². The van der Waals surface area contributed by atoms with Gasteiger partial charge in [0.2, 0.25) is 0 Å². The van der Waals surface area contributed by atoms with Crippen LogP contribution in [0.15, 0.2) is 30.5 Å². The van der Waals surface area contributed by atoms with Gasteiger partial charge in [-0.3, -0.25) is 4.68 Å². The molecule has 1 saturated carbocycles. The molecule has 19 heavy (non-hydrogen) atoms. The molecule has 3 nitrogen and oxygen atoms in total. The van der Waals surface area contributed by atoms with Gasteiger partial charge in [0.25, 0.3) is 0 Å². The molecule has 0 aliphatic heterocycles. The Morgan fingerprint density at radius 2 is 1.95 bits per heavy atom. The first-order chi connectivity index (χ1) is 9.11. The molecule has 0 bridgehead atoms. The Hall–Kier alpha value is -1.84. The van der Waals surface area contributed by atoms with Crippen LogP contribution in [0.1, 0.15) is 30.0 Å². The molecular formula is C15H18FN3. The van der Waals surface area contributed by atoms with Gasteiger partial charge in [-0.2, -0.15) is 5.10 Å². The van der Waals surface area contributed by atoms with Crippen molar-refractivity contribution in [2.45, 2.75) is 31.7 Å². The summed E-state index contributed by atoms with van der Waals surface area (Å²) in [7, 11) is 1.93. The number of halogens is 1. The highest BCUT2D eigenvalue weighted by Gasteiger charge is 2.30. The molecule has 3 rings (SSSR count). The molecule has 2 aromatic rings. The Labute approximate surface area is 112 Å². The van der Waals surface area contributed by atoms with Gasteiger partial charge in [0, 0.05) is 19.3 Å². The Morgan fingerprint density at radius 1 is 1.26 bits per heavy atom. The van der Waals surface area contributed by atoms with E-state index in [1.165, 1.54) is 5.56 Å². The van der Waals surface area contributed by atoms with E-state index in [2.05, 4.69) is 10.4 Å². The normalized spacial score (nSPS) is 22.1. The topological polar surface area (TPSA) is 29.9 Å². The van der Waals surface area contributed by atoms with E-state index in [9.17, 15) is 4.39 Å². The van der Waals surface area contributed by atoms with Crippen LogP contribution in [0, 0.1) is 12.7 Å². The Bertz CT molecular complexity index is 568. The average Bonchev–Trinajstić information content (AvgIpc) is 2.63. The largest absolute Gasteiger partial charge is 0.380 e. The summed E-state index contributed by atoms with van der Waals surface area (Å²) in [6.45, 7) is 2.01. The number of nitrogens with zero attached hydrogens (tertiary/aromatic N) is 2. The van der Waals surface area contributed by atoms with E-state index in [1.807, 2.05) is 37.0 Å². The van der Waals surface area contributed by atoms with Crippen molar-refractivity contribution in [3.63, 3.8) is 0 Å². The van der Waals surface area contributed by atoms with E-state index >= 15 is 0 Å². The molecule has 100 valence electrons. The lowest BCUT2D eigenvalue weighted by Gasteiger charge is -2.36. The van der Waals surface area contributed by atoms with E-state index in [0.29, 0.717) is 12.0 Å². The number of benzene rings is 1. The minimum Gasteiger partial charge on any atom is -0.380 e. The molecule has 0 radical (unpaired) electrons. The molecule has 1 aromatic heterocycles. The van der Waals surface area contributed by atoms with Crippen LogP contribution in [0.3, 0.4) is 0 Å². The van der Waals surface area contributed by atoms with Gasteiger partial charge in [-0.05, 0) is 43.4 Å². The summed E-state index contributed by atoms with van der Waals surface area (Å²) in [5.74, 6) is 0.388. The molecule has 0 amide bonds. The molecule has 0 saturated heterocycles. The monoisotopic (exact) mass is 259 g/mol. The molecule has 0 spiro atoms. The molecular weight excluding hydrogens is 241 g/mol. The van der Waals surface area contributed by atoms with Gasteiger partial charge >= 0.3 is 0 Å². The average molecular weight is 259 g/mol. The highest BCUT2D eigenvalue weighted by molar-refractivity contribution is 5.47. The van der Waals surface area contributed by atoms with Crippen LogP contribution >= 0.6 is 0 Å². The summed E-state index contributed by atoms with van der Waals surface area (Å²) in [5, 5.41) is 7.84. The Balaban J connectivity index is 1.58. The van der Waals surface area contributed by atoms with Crippen LogP contribution in [-0.2, 0) is 7.05 Å². The quantitative estimate of drug-likeness (QED) is 0.917. The van der Waals surface area contributed by atoms with Gasteiger partial charge in [-0.1, -0.05) is 12.1 Å². The molecule has 1 N–H and O–H groups in total. The van der Waals surface area contributed by atoms with Crippen molar-refractivity contribution < 1.29 is 4.39 Å². The fourth-order valence-corrected chi connectivity index (χ4v) is 2.70. The summed E-state index contributed by atoms with van der Waals surface area (Å²) >= 11 is 0. The highest BCUT2D eigenvalue weighted by atomic mass is 19.1. The van der Waals surface area contributed by atoms with Crippen LogP contribution in [0.2, 0.25) is 0 Å². The van der Waals surface area contributed by atoms with Gasteiger partial charge in [0.05, 0.1) is 11.4 Å². The van der Waals surface area contributed by atoms with Gasteiger partial charge in [0.15, 0.2) is 0 Å². The maximum absolute atomic E-state index is 12.9. The molecule has 1 aliphatic rings.